The number of methoxy groups -OCH3 is 1. The van der Waals surface area contributed by atoms with E-state index in [1.165, 1.54) is 0 Å². The molecule has 126 valence electrons. The number of fused-ring (bicyclic) bond motifs is 1. The number of amides is 1. The number of hydrogen-bond donors (Lipinski definition) is 2. The topological polar surface area (TPSA) is 68.8 Å². The first-order chi connectivity index (χ1) is 11.7. The van der Waals surface area contributed by atoms with Gasteiger partial charge < -0.3 is 24.8 Å². The Morgan fingerprint density at radius 1 is 1.17 bits per heavy atom. The Morgan fingerprint density at radius 3 is 2.83 bits per heavy atom. The van der Waals surface area contributed by atoms with Crippen molar-refractivity contribution >= 4 is 11.6 Å². The van der Waals surface area contributed by atoms with Crippen molar-refractivity contribution in [1.29, 1.82) is 0 Å². The molecule has 1 amide bonds. The van der Waals surface area contributed by atoms with Crippen molar-refractivity contribution in [3.63, 3.8) is 0 Å². The van der Waals surface area contributed by atoms with Crippen LogP contribution in [-0.2, 0) is 11.3 Å². The van der Waals surface area contributed by atoms with Gasteiger partial charge in [-0.3, -0.25) is 4.79 Å². The number of anilines is 1. The molecular formula is C18H20N2O4. The third kappa shape index (κ3) is 3.71. The molecule has 6 nitrogen and oxygen atoms in total. The van der Waals surface area contributed by atoms with Crippen LogP contribution >= 0.6 is 0 Å². The first-order valence-electron chi connectivity index (χ1n) is 7.69. The third-order valence-corrected chi connectivity index (χ3v) is 3.72. The molecule has 3 rings (SSSR count). The summed E-state index contributed by atoms with van der Waals surface area (Å²) in [6.07, 6.45) is 0. The van der Waals surface area contributed by atoms with E-state index in [1.54, 1.807) is 7.11 Å². The highest BCUT2D eigenvalue weighted by atomic mass is 16.7. The zero-order valence-electron chi connectivity index (χ0n) is 13.7. The molecule has 2 aromatic rings. The Kier molecular flexibility index (Phi) is 4.74. The van der Waals surface area contributed by atoms with Crippen molar-refractivity contribution < 1.29 is 19.0 Å². The maximum absolute atomic E-state index is 12.0. The monoisotopic (exact) mass is 328 g/mol. The lowest BCUT2D eigenvalue weighted by molar-refractivity contribution is -0.119. The van der Waals surface area contributed by atoms with Crippen LogP contribution < -0.4 is 24.8 Å². The lowest BCUT2D eigenvalue weighted by Crippen LogP contribution is -2.29. The molecule has 0 aliphatic carbocycles. The number of rotatable bonds is 6. The summed E-state index contributed by atoms with van der Waals surface area (Å²) in [6.45, 7) is 2.84. The van der Waals surface area contributed by atoms with E-state index in [2.05, 4.69) is 10.6 Å². The van der Waals surface area contributed by atoms with Crippen LogP contribution in [0.4, 0.5) is 5.69 Å². The van der Waals surface area contributed by atoms with Crippen molar-refractivity contribution in [3.8, 4) is 17.2 Å². The van der Waals surface area contributed by atoms with Gasteiger partial charge in [0.1, 0.15) is 5.75 Å². The van der Waals surface area contributed by atoms with Crippen molar-refractivity contribution in [2.75, 3.05) is 25.8 Å². The predicted octanol–water partition coefficient (Wildman–Crippen LogP) is 2.46. The van der Waals surface area contributed by atoms with E-state index in [1.807, 2.05) is 43.3 Å². The zero-order valence-corrected chi connectivity index (χ0v) is 13.7. The number of nitrogens with one attached hydrogen (secondary N) is 2. The second kappa shape index (κ2) is 7.12. The number of carbonyl (C=O) groups is 1. The van der Waals surface area contributed by atoms with Gasteiger partial charge in [-0.05, 0) is 42.3 Å². The number of aryl methyl sites for hydroxylation is 1. The predicted molar refractivity (Wildman–Crippen MR) is 90.6 cm³/mol. The molecule has 1 heterocycles. The molecular weight excluding hydrogens is 308 g/mol. The van der Waals surface area contributed by atoms with Crippen LogP contribution in [0.3, 0.4) is 0 Å². The molecule has 0 bridgehead atoms. The molecule has 24 heavy (non-hydrogen) atoms. The van der Waals surface area contributed by atoms with Gasteiger partial charge in [-0.25, -0.2) is 0 Å². The summed E-state index contributed by atoms with van der Waals surface area (Å²) >= 11 is 0. The normalized spacial score (nSPS) is 11.9. The molecule has 0 atom stereocenters. The Morgan fingerprint density at radius 2 is 2.00 bits per heavy atom. The Bertz CT molecular complexity index is 746. The average Bonchev–Trinajstić information content (AvgIpc) is 3.06. The van der Waals surface area contributed by atoms with E-state index >= 15 is 0 Å². The zero-order chi connectivity index (χ0) is 16.9. The molecule has 1 aliphatic rings. The SMILES string of the molecule is COc1ccc(C)cc1NCC(=O)NCc1ccc2c(c1)OCO2. The second-order valence-corrected chi connectivity index (χ2v) is 5.52. The first-order valence-corrected chi connectivity index (χ1v) is 7.69. The highest BCUT2D eigenvalue weighted by Gasteiger charge is 2.13. The van der Waals surface area contributed by atoms with Crippen LogP contribution in [0.25, 0.3) is 0 Å². The molecule has 0 saturated heterocycles. The van der Waals surface area contributed by atoms with Crippen LogP contribution in [0.5, 0.6) is 17.2 Å². The largest absolute Gasteiger partial charge is 0.495 e. The van der Waals surface area contributed by atoms with Gasteiger partial charge in [0.2, 0.25) is 12.7 Å². The minimum Gasteiger partial charge on any atom is -0.495 e. The second-order valence-electron chi connectivity index (χ2n) is 5.52. The van der Waals surface area contributed by atoms with E-state index in [-0.39, 0.29) is 19.2 Å². The molecule has 0 saturated carbocycles. The van der Waals surface area contributed by atoms with Gasteiger partial charge in [0.15, 0.2) is 11.5 Å². The fourth-order valence-corrected chi connectivity index (χ4v) is 2.45. The van der Waals surface area contributed by atoms with Gasteiger partial charge in [0.25, 0.3) is 0 Å². The Hall–Kier alpha value is -2.89. The summed E-state index contributed by atoms with van der Waals surface area (Å²) in [5.74, 6) is 2.06. The lowest BCUT2D eigenvalue weighted by atomic mass is 10.2. The molecule has 0 aromatic heterocycles. The van der Waals surface area contributed by atoms with Gasteiger partial charge in [-0.2, -0.15) is 0 Å². The van der Waals surface area contributed by atoms with Crippen molar-refractivity contribution in [2.45, 2.75) is 13.5 Å². The quantitative estimate of drug-likeness (QED) is 0.852. The Balaban J connectivity index is 1.52. The maximum atomic E-state index is 12.0. The van der Waals surface area contributed by atoms with Gasteiger partial charge in [-0.1, -0.05) is 12.1 Å². The van der Waals surface area contributed by atoms with E-state index < -0.39 is 0 Å². The fourth-order valence-electron chi connectivity index (χ4n) is 2.45. The summed E-state index contributed by atoms with van der Waals surface area (Å²) in [5, 5.41) is 5.97. The number of ether oxygens (including phenoxy) is 3. The first kappa shape index (κ1) is 16.0. The molecule has 6 heteroatoms. The number of hydrogen-bond acceptors (Lipinski definition) is 5. The van der Waals surface area contributed by atoms with Gasteiger partial charge in [0, 0.05) is 6.54 Å². The standard InChI is InChI=1S/C18H20N2O4/c1-12-3-5-15(22-2)14(7-12)19-10-18(21)20-9-13-4-6-16-17(8-13)24-11-23-16/h3-8,19H,9-11H2,1-2H3,(H,20,21). The summed E-state index contributed by atoms with van der Waals surface area (Å²) in [7, 11) is 1.61. The van der Waals surface area contributed by atoms with Crippen molar-refractivity contribution in [1.82, 2.24) is 5.32 Å². The Labute approximate surface area is 140 Å². The summed E-state index contributed by atoms with van der Waals surface area (Å²) in [5.41, 5.74) is 2.86. The molecule has 0 radical (unpaired) electrons. The van der Waals surface area contributed by atoms with E-state index in [0.717, 1.165) is 22.6 Å². The summed E-state index contributed by atoms with van der Waals surface area (Å²) < 4.78 is 15.9. The maximum Gasteiger partial charge on any atom is 0.239 e. The van der Waals surface area contributed by atoms with Gasteiger partial charge in [-0.15, -0.1) is 0 Å². The lowest BCUT2D eigenvalue weighted by Gasteiger charge is -2.12. The van der Waals surface area contributed by atoms with Crippen LogP contribution in [0.2, 0.25) is 0 Å². The molecule has 0 unspecified atom stereocenters. The summed E-state index contributed by atoms with van der Waals surface area (Å²) in [4.78, 5) is 12.0. The molecule has 2 aromatic carbocycles. The van der Waals surface area contributed by atoms with E-state index in [4.69, 9.17) is 14.2 Å². The summed E-state index contributed by atoms with van der Waals surface area (Å²) in [6, 6.07) is 11.4. The highest BCUT2D eigenvalue weighted by molar-refractivity contribution is 5.81. The molecule has 2 N–H and O–H groups in total. The van der Waals surface area contributed by atoms with Gasteiger partial charge in [0.05, 0.1) is 19.3 Å². The van der Waals surface area contributed by atoms with E-state index in [9.17, 15) is 4.79 Å². The molecule has 1 aliphatic heterocycles. The average molecular weight is 328 g/mol. The van der Waals surface area contributed by atoms with Crippen LogP contribution in [0.1, 0.15) is 11.1 Å². The van der Waals surface area contributed by atoms with E-state index in [0.29, 0.717) is 18.0 Å². The minimum absolute atomic E-state index is 0.101. The molecule has 0 fully saturated rings. The minimum atomic E-state index is -0.101. The third-order valence-electron chi connectivity index (χ3n) is 3.72. The van der Waals surface area contributed by atoms with Crippen LogP contribution in [0.15, 0.2) is 36.4 Å². The fraction of sp³-hybridized carbons (Fsp3) is 0.278. The number of benzene rings is 2. The van der Waals surface area contributed by atoms with Crippen LogP contribution in [0, 0.1) is 6.92 Å². The van der Waals surface area contributed by atoms with Crippen molar-refractivity contribution in [2.24, 2.45) is 0 Å². The smallest absolute Gasteiger partial charge is 0.239 e. The highest BCUT2D eigenvalue weighted by Crippen LogP contribution is 2.32. The van der Waals surface area contributed by atoms with Gasteiger partial charge >= 0.3 is 0 Å². The number of carbonyl (C=O) groups excluding carboxylic acids is 1. The van der Waals surface area contributed by atoms with Crippen LogP contribution in [-0.4, -0.2) is 26.4 Å². The molecule has 0 spiro atoms. The van der Waals surface area contributed by atoms with Crippen molar-refractivity contribution in [3.05, 3.63) is 47.5 Å².